The molecule has 2 amide bonds. The molecule has 0 unspecified atom stereocenters. The molecule has 6 nitrogen and oxygen atoms in total. The van der Waals surface area contributed by atoms with Crippen molar-refractivity contribution in [1.82, 2.24) is 9.80 Å². The standard InChI is InChI=1S/C40H44N2O4S2/c1-5-7-9-11-25-41-37(33-23-21-31(47-33)27-13-17-29(45-3)18-14-27)35-36(39(41)43)38(42(40(35)44)26-12-10-8-6-2)34-24-22-32(48-34)28-15-19-30(46-4)20-16-28/h13-24H,5-12,25-26H2,1-4H3. The summed E-state index contributed by atoms with van der Waals surface area (Å²) < 4.78 is 10.7. The number of fused-ring (bicyclic) bond motifs is 1. The molecular formula is C40H44N2O4S2. The molecule has 6 rings (SSSR count). The maximum absolute atomic E-state index is 14.6. The summed E-state index contributed by atoms with van der Waals surface area (Å²) in [6, 6.07) is 24.4. The molecule has 0 saturated heterocycles. The Balaban J connectivity index is 1.45. The average molecular weight is 681 g/mol. The van der Waals surface area contributed by atoms with E-state index in [1.54, 1.807) is 36.9 Å². The molecule has 0 aliphatic carbocycles. The van der Waals surface area contributed by atoms with Crippen molar-refractivity contribution in [3.8, 4) is 32.4 Å². The molecule has 0 N–H and O–H groups in total. The van der Waals surface area contributed by atoms with E-state index in [-0.39, 0.29) is 11.8 Å². The van der Waals surface area contributed by atoms with E-state index in [0.29, 0.717) is 24.2 Å². The quantitative estimate of drug-likeness (QED) is 0.111. The number of thiophene rings is 2. The second-order valence-electron chi connectivity index (χ2n) is 12.3. The van der Waals surface area contributed by atoms with Gasteiger partial charge in [0.25, 0.3) is 11.8 Å². The molecule has 0 atom stereocenters. The smallest absolute Gasteiger partial charge is 0.261 e. The minimum atomic E-state index is -0.0605. The van der Waals surface area contributed by atoms with Gasteiger partial charge in [-0.15, -0.1) is 22.7 Å². The van der Waals surface area contributed by atoms with Crippen molar-refractivity contribution in [3.05, 3.63) is 93.7 Å². The minimum Gasteiger partial charge on any atom is -0.497 e. The fraction of sp³-hybridized carbons (Fsp3) is 0.350. The van der Waals surface area contributed by atoms with Gasteiger partial charge in [0, 0.05) is 22.8 Å². The number of methoxy groups -OCH3 is 2. The van der Waals surface area contributed by atoms with Crippen LogP contribution in [0, 0.1) is 0 Å². The zero-order valence-corrected chi connectivity index (χ0v) is 30.0. The Hall–Kier alpha value is -4.14. The molecular weight excluding hydrogens is 637 g/mol. The fourth-order valence-electron chi connectivity index (χ4n) is 6.48. The lowest BCUT2D eigenvalue weighted by atomic mass is 10.1. The van der Waals surface area contributed by atoms with Gasteiger partial charge in [0.05, 0.1) is 46.5 Å². The highest BCUT2D eigenvalue weighted by atomic mass is 32.1. The normalized spacial score (nSPS) is 14.5. The number of carbonyl (C=O) groups is 2. The van der Waals surface area contributed by atoms with E-state index in [0.717, 1.165) is 105 Å². The van der Waals surface area contributed by atoms with Crippen LogP contribution in [0.25, 0.3) is 32.3 Å². The molecule has 4 heterocycles. The largest absolute Gasteiger partial charge is 0.497 e. The molecule has 0 radical (unpaired) electrons. The van der Waals surface area contributed by atoms with Crippen molar-refractivity contribution >= 4 is 45.9 Å². The summed E-state index contributed by atoms with van der Waals surface area (Å²) in [6.45, 7) is 5.57. The van der Waals surface area contributed by atoms with Crippen molar-refractivity contribution < 1.29 is 19.1 Å². The molecule has 0 saturated carbocycles. The molecule has 2 aliphatic heterocycles. The van der Waals surface area contributed by atoms with Crippen LogP contribution in [0.5, 0.6) is 11.5 Å². The first-order valence-corrected chi connectivity index (χ1v) is 18.7. The predicted octanol–water partition coefficient (Wildman–Crippen LogP) is 10.1. The van der Waals surface area contributed by atoms with Crippen molar-refractivity contribution in [2.24, 2.45) is 0 Å². The predicted molar refractivity (Wildman–Crippen MR) is 198 cm³/mol. The van der Waals surface area contributed by atoms with Crippen molar-refractivity contribution in [3.63, 3.8) is 0 Å². The van der Waals surface area contributed by atoms with Crippen LogP contribution < -0.4 is 9.47 Å². The molecule has 48 heavy (non-hydrogen) atoms. The number of benzene rings is 2. The summed E-state index contributed by atoms with van der Waals surface area (Å²) in [4.78, 5) is 37.1. The van der Waals surface area contributed by atoms with Crippen LogP contribution in [0.3, 0.4) is 0 Å². The first-order valence-electron chi connectivity index (χ1n) is 17.1. The Kier molecular flexibility index (Phi) is 10.8. The molecule has 0 spiro atoms. The zero-order valence-electron chi connectivity index (χ0n) is 28.3. The van der Waals surface area contributed by atoms with Crippen LogP contribution in [-0.4, -0.2) is 48.9 Å². The summed E-state index contributed by atoms with van der Waals surface area (Å²) in [6.07, 6.45) is 8.36. The van der Waals surface area contributed by atoms with Gasteiger partial charge >= 0.3 is 0 Å². The monoisotopic (exact) mass is 680 g/mol. The lowest BCUT2D eigenvalue weighted by Crippen LogP contribution is -2.30. The number of hydrogen-bond acceptors (Lipinski definition) is 6. The third-order valence-corrected chi connectivity index (χ3v) is 11.4. The third-order valence-electron chi connectivity index (χ3n) is 9.08. The summed E-state index contributed by atoms with van der Waals surface area (Å²) in [5, 5.41) is 0. The second kappa shape index (κ2) is 15.4. The first kappa shape index (κ1) is 33.7. The third kappa shape index (κ3) is 6.74. The number of carbonyl (C=O) groups excluding carboxylic acids is 2. The summed E-state index contributed by atoms with van der Waals surface area (Å²) in [5.74, 6) is 1.49. The Morgan fingerprint density at radius 2 is 0.875 bits per heavy atom. The Morgan fingerprint density at radius 3 is 1.23 bits per heavy atom. The molecule has 0 fully saturated rings. The van der Waals surface area contributed by atoms with E-state index in [2.05, 4.69) is 38.1 Å². The van der Waals surface area contributed by atoms with Gasteiger partial charge in [0.1, 0.15) is 11.5 Å². The zero-order chi connectivity index (χ0) is 33.6. The number of ether oxygens (including phenoxy) is 2. The van der Waals surface area contributed by atoms with E-state index in [1.807, 2.05) is 58.3 Å². The van der Waals surface area contributed by atoms with Crippen LogP contribution >= 0.6 is 22.7 Å². The molecule has 8 heteroatoms. The van der Waals surface area contributed by atoms with Crippen molar-refractivity contribution in [2.75, 3.05) is 27.3 Å². The molecule has 250 valence electrons. The summed E-state index contributed by atoms with van der Waals surface area (Å²) in [5.41, 5.74) is 4.80. The van der Waals surface area contributed by atoms with Gasteiger partial charge in [0.2, 0.25) is 0 Å². The van der Waals surface area contributed by atoms with Crippen molar-refractivity contribution in [1.29, 1.82) is 0 Å². The van der Waals surface area contributed by atoms with Gasteiger partial charge in [0.15, 0.2) is 0 Å². The summed E-state index contributed by atoms with van der Waals surface area (Å²) in [7, 11) is 3.33. The Labute approximate surface area is 292 Å². The number of amides is 2. The van der Waals surface area contributed by atoms with E-state index >= 15 is 0 Å². The lowest BCUT2D eigenvalue weighted by molar-refractivity contribution is -0.124. The maximum atomic E-state index is 14.6. The van der Waals surface area contributed by atoms with Gasteiger partial charge in [-0.1, -0.05) is 52.4 Å². The van der Waals surface area contributed by atoms with Gasteiger partial charge < -0.3 is 19.3 Å². The van der Waals surface area contributed by atoms with Crippen molar-refractivity contribution in [2.45, 2.75) is 65.2 Å². The molecule has 2 aromatic carbocycles. The topological polar surface area (TPSA) is 59.1 Å². The number of hydrogen-bond donors (Lipinski definition) is 0. The van der Waals surface area contributed by atoms with Gasteiger partial charge in [-0.2, -0.15) is 0 Å². The molecule has 2 aliphatic rings. The van der Waals surface area contributed by atoms with Crippen LogP contribution in [0.1, 0.15) is 75.0 Å². The first-order chi connectivity index (χ1) is 23.5. The van der Waals surface area contributed by atoms with Gasteiger partial charge in [-0.05, 0) is 96.8 Å². The lowest BCUT2D eigenvalue weighted by Gasteiger charge is -2.24. The van der Waals surface area contributed by atoms with Crippen LogP contribution in [0.4, 0.5) is 0 Å². The number of unbranched alkanes of at least 4 members (excludes halogenated alkanes) is 6. The maximum Gasteiger partial charge on any atom is 0.261 e. The summed E-state index contributed by atoms with van der Waals surface area (Å²) >= 11 is 3.26. The highest BCUT2D eigenvalue weighted by molar-refractivity contribution is 7.17. The van der Waals surface area contributed by atoms with Crippen LogP contribution in [-0.2, 0) is 9.59 Å². The van der Waals surface area contributed by atoms with Gasteiger partial charge in [-0.3, -0.25) is 9.59 Å². The van der Waals surface area contributed by atoms with Gasteiger partial charge in [-0.25, -0.2) is 0 Å². The minimum absolute atomic E-state index is 0.0605. The van der Waals surface area contributed by atoms with Crippen LogP contribution in [0.15, 0.2) is 83.9 Å². The van der Waals surface area contributed by atoms with Crippen LogP contribution in [0.2, 0.25) is 0 Å². The highest BCUT2D eigenvalue weighted by Crippen LogP contribution is 2.50. The molecule has 4 aromatic rings. The fourth-order valence-corrected chi connectivity index (χ4v) is 8.62. The van der Waals surface area contributed by atoms with E-state index in [9.17, 15) is 9.59 Å². The average Bonchev–Trinajstić information content (AvgIpc) is 3.91. The van der Waals surface area contributed by atoms with E-state index in [4.69, 9.17) is 9.47 Å². The van der Waals surface area contributed by atoms with E-state index in [1.165, 1.54) is 0 Å². The molecule has 0 bridgehead atoms. The Bertz CT molecular complexity index is 1680. The number of rotatable bonds is 16. The highest BCUT2D eigenvalue weighted by Gasteiger charge is 2.49. The Morgan fingerprint density at radius 1 is 0.500 bits per heavy atom. The van der Waals surface area contributed by atoms with E-state index < -0.39 is 0 Å². The second-order valence-corrected chi connectivity index (χ2v) is 14.4. The molecule has 2 aromatic heterocycles. The SMILES string of the molecule is CCCCCCN1C(=O)C2=C(c3ccc(-c4ccc(OC)cc4)s3)N(CCCCCC)C(=O)C2=C1c1ccc(-c2ccc(OC)cc2)s1. The number of nitrogens with zero attached hydrogens (tertiary/aromatic N) is 2.